The first kappa shape index (κ1) is 18.3. The molecule has 4 N–H and O–H groups in total. The second kappa shape index (κ2) is 7.81. The zero-order valence-electron chi connectivity index (χ0n) is 14.0. The lowest BCUT2D eigenvalue weighted by molar-refractivity contribution is 0.102. The second-order valence-corrected chi connectivity index (χ2v) is 5.53. The molecule has 2 heterocycles. The van der Waals surface area contributed by atoms with Crippen LogP contribution in [-0.4, -0.2) is 25.7 Å². The van der Waals surface area contributed by atoms with Gasteiger partial charge in [-0.05, 0) is 30.3 Å². The van der Waals surface area contributed by atoms with Crippen molar-refractivity contribution in [3.8, 4) is 5.69 Å². The third-order valence-electron chi connectivity index (χ3n) is 3.89. The Morgan fingerprint density at radius 3 is 2.63 bits per heavy atom. The van der Waals surface area contributed by atoms with Crippen molar-refractivity contribution in [3.63, 3.8) is 0 Å². The molecule has 0 unspecified atom stereocenters. The van der Waals surface area contributed by atoms with Crippen molar-refractivity contribution in [1.82, 2.24) is 19.7 Å². The van der Waals surface area contributed by atoms with E-state index in [9.17, 15) is 4.79 Å². The van der Waals surface area contributed by atoms with E-state index in [1.54, 1.807) is 23.0 Å². The number of nitrogen functional groups attached to an aromatic ring is 1. The molecule has 0 bridgehead atoms. The average Bonchev–Trinajstić information content (AvgIpc) is 3.13. The fourth-order valence-electron chi connectivity index (χ4n) is 2.66. The number of nitrogens with one attached hydrogen (secondary N) is 2. The predicted octanol–water partition coefficient (Wildman–Crippen LogP) is 2.78. The quantitative estimate of drug-likeness (QED) is 0.370. The standard InChI is InChI=1S/C18H15N7O.ClH/c19-24-16-15-10-22-25(17(15)21-11-20-16)14-8-4-7-13(9-14)23-18(26)12-5-2-1-3-6-12;/h1-11H,19H2,(H,23,26)(H,20,21,24);1H. The van der Waals surface area contributed by atoms with Crippen molar-refractivity contribution in [2.75, 3.05) is 10.7 Å². The Labute approximate surface area is 160 Å². The van der Waals surface area contributed by atoms with Crippen LogP contribution in [0.15, 0.2) is 67.1 Å². The van der Waals surface area contributed by atoms with Crippen molar-refractivity contribution >= 4 is 40.9 Å². The van der Waals surface area contributed by atoms with Gasteiger partial charge >= 0.3 is 0 Å². The highest BCUT2D eigenvalue weighted by Gasteiger charge is 2.11. The summed E-state index contributed by atoms with van der Waals surface area (Å²) in [6, 6.07) is 16.4. The number of hydrazine groups is 1. The number of halogens is 1. The maximum Gasteiger partial charge on any atom is 0.255 e. The number of nitrogens with zero attached hydrogens (tertiary/aromatic N) is 4. The number of aromatic nitrogens is 4. The van der Waals surface area contributed by atoms with Crippen LogP contribution in [0.4, 0.5) is 11.5 Å². The lowest BCUT2D eigenvalue weighted by atomic mass is 10.2. The van der Waals surface area contributed by atoms with Gasteiger partial charge in [0.1, 0.15) is 6.33 Å². The van der Waals surface area contributed by atoms with E-state index in [2.05, 4.69) is 25.8 Å². The van der Waals surface area contributed by atoms with E-state index in [1.807, 2.05) is 42.5 Å². The van der Waals surface area contributed by atoms with Crippen LogP contribution in [0.2, 0.25) is 0 Å². The molecular formula is C18H16ClN7O. The fourth-order valence-corrected chi connectivity index (χ4v) is 2.66. The molecule has 27 heavy (non-hydrogen) atoms. The molecule has 0 saturated carbocycles. The third-order valence-corrected chi connectivity index (χ3v) is 3.89. The van der Waals surface area contributed by atoms with Crippen molar-refractivity contribution in [2.45, 2.75) is 0 Å². The summed E-state index contributed by atoms with van der Waals surface area (Å²) in [6.07, 6.45) is 3.05. The van der Waals surface area contributed by atoms with Gasteiger partial charge in [-0.25, -0.2) is 20.5 Å². The van der Waals surface area contributed by atoms with Crippen molar-refractivity contribution < 1.29 is 4.79 Å². The number of anilines is 2. The maximum atomic E-state index is 12.3. The van der Waals surface area contributed by atoms with E-state index in [4.69, 9.17) is 5.84 Å². The van der Waals surface area contributed by atoms with E-state index < -0.39 is 0 Å². The number of amides is 1. The molecule has 0 aliphatic heterocycles. The van der Waals surface area contributed by atoms with Gasteiger partial charge in [0, 0.05) is 11.3 Å². The van der Waals surface area contributed by atoms with Gasteiger partial charge in [0.25, 0.3) is 5.91 Å². The first-order valence-electron chi connectivity index (χ1n) is 7.88. The number of hydrogen-bond donors (Lipinski definition) is 3. The fraction of sp³-hybridized carbons (Fsp3) is 0. The number of carbonyl (C=O) groups is 1. The van der Waals surface area contributed by atoms with Gasteiger partial charge in [-0.2, -0.15) is 5.10 Å². The molecule has 2 aromatic heterocycles. The SMILES string of the molecule is Cl.NNc1ncnc2c1cnn2-c1cccc(NC(=O)c2ccccc2)c1. The van der Waals surface area contributed by atoms with E-state index in [-0.39, 0.29) is 18.3 Å². The molecule has 0 atom stereocenters. The number of fused-ring (bicyclic) bond motifs is 1. The molecule has 136 valence electrons. The van der Waals surface area contributed by atoms with Crippen LogP contribution >= 0.6 is 12.4 Å². The molecular weight excluding hydrogens is 366 g/mol. The number of carbonyl (C=O) groups excluding carboxylic acids is 1. The Bertz CT molecular complexity index is 1080. The average molecular weight is 382 g/mol. The van der Waals surface area contributed by atoms with Crippen LogP contribution in [0.25, 0.3) is 16.7 Å². The Kier molecular flexibility index (Phi) is 5.30. The zero-order chi connectivity index (χ0) is 17.9. The highest BCUT2D eigenvalue weighted by molar-refractivity contribution is 6.04. The van der Waals surface area contributed by atoms with Crippen LogP contribution < -0.4 is 16.6 Å². The minimum Gasteiger partial charge on any atom is -0.322 e. The molecule has 8 nitrogen and oxygen atoms in total. The van der Waals surface area contributed by atoms with Gasteiger partial charge in [-0.3, -0.25) is 4.79 Å². The van der Waals surface area contributed by atoms with E-state index in [0.717, 1.165) is 5.69 Å². The summed E-state index contributed by atoms with van der Waals surface area (Å²) < 4.78 is 1.66. The monoisotopic (exact) mass is 381 g/mol. The molecule has 0 aliphatic carbocycles. The van der Waals surface area contributed by atoms with Crippen LogP contribution in [0.1, 0.15) is 10.4 Å². The second-order valence-electron chi connectivity index (χ2n) is 5.53. The summed E-state index contributed by atoms with van der Waals surface area (Å²) in [5.74, 6) is 5.79. The van der Waals surface area contributed by atoms with Crippen molar-refractivity contribution in [1.29, 1.82) is 0 Å². The molecule has 0 aliphatic rings. The van der Waals surface area contributed by atoms with E-state index in [1.165, 1.54) is 6.33 Å². The minimum absolute atomic E-state index is 0. The summed E-state index contributed by atoms with van der Waals surface area (Å²) in [4.78, 5) is 20.7. The predicted molar refractivity (Wildman–Crippen MR) is 106 cm³/mol. The third kappa shape index (κ3) is 3.57. The Balaban J connectivity index is 0.00000210. The number of benzene rings is 2. The number of hydrogen-bond acceptors (Lipinski definition) is 6. The first-order valence-corrected chi connectivity index (χ1v) is 7.88. The molecule has 0 saturated heterocycles. The van der Waals surface area contributed by atoms with Crippen LogP contribution in [0.3, 0.4) is 0 Å². The summed E-state index contributed by atoms with van der Waals surface area (Å²) in [7, 11) is 0. The van der Waals surface area contributed by atoms with Crippen LogP contribution in [0.5, 0.6) is 0 Å². The maximum absolute atomic E-state index is 12.3. The Hall–Kier alpha value is -3.49. The topological polar surface area (TPSA) is 111 Å². The lowest BCUT2D eigenvalue weighted by Crippen LogP contribution is -2.12. The zero-order valence-corrected chi connectivity index (χ0v) is 14.9. The van der Waals surface area contributed by atoms with Crippen LogP contribution in [-0.2, 0) is 0 Å². The lowest BCUT2D eigenvalue weighted by Gasteiger charge is -2.08. The van der Waals surface area contributed by atoms with Gasteiger partial charge in [-0.15, -0.1) is 12.4 Å². The highest BCUT2D eigenvalue weighted by atomic mass is 35.5. The van der Waals surface area contributed by atoms with Gasteiger partial charge in [0.2, 0.25) is 0 Å². The molecule has 4 aromatic rings. The Morgan fingerprint density at radius 1 is 1.04 bits per heavy atom. The van der Waals surface area contributed by atoms with Crippen LogP contribution in [0, 0.1) is 0 Å². The number of rotatable bonds is 4. The Morgan fingerprint density at radius 2 is 1.85 bits per heavy atom. The van der Waals surface area contributed by atoms with Gasteiger partial charge in [-0.1, -0.05) is 24.3 Å². The summed E-state index contributed by atoms with van der Waals surface area (Å²) in [5, 5.41) is 7.95. The summed E-state index contributed by atoms with van der Waals surface area (Å²) >= 11 is 0. The summed E-state index contributed by atoms with van der Waals surface area (Å²) in [6.45, 7) is 0. The highest BCUT2D eigenvalue weighted by Crippen LogP contribution is 2.22. The molecule has 0 spiro atoms. The molecule has 2 aromatic carbocycles. The summed E-state index contributed by atoms with van der Waals surface area (Å²) in [5.41, 5.74) is 5.15. The van der Waals surface area contributed by atoms with E-state index in [0.29, 0.717) is 28.1 Å². The smallest absolute Gasteiger partial charge is 0.255 e. The molecule has 0 radical (unpaired) electrons. The first-order chi connectivity index (χ1) is 12.8. The van der Waals surface area contributed by atoms with Gasteiger partial charge in [0.15, 0.2) is 11.5 Å². The normalized spacial score (nSPS) is 10.3. The van der Waals surface area contributed by atoms with Gasteiger partial charge < -0.3 is 10.7 Å². The van der Waals surface area contributed by atoms with Gasteiger partial charge in [0.05, 0.1) is 17.3 Å². The van der Waals surface area contributed by atoms with Crippen molar-refractivity contribution in [3.05, 3.63) is 72.7 Å². The molecule has 4 rings (SSSR count). The molecule has 0 fully saturated rings. The largest absolute Gasteiger partial charge is 0.322 e. The minimum atomic E-state index is -0.176. The number of nitrogens with two attached hydrogens (primary N) is 1. The van der Waals surface area contributed by atoms with E-state index >= 15 is 0 Å². The molecule has 1 amide bonds. The van der Waals surface area contributed by atoms with Crippen molar-refractivity contribution in [2.24, 2.45) is 5.84 Å². The molecule has 9 heteroatoms.